The van der Waals surface area contributed by atoms with Crippen LogP contribution < -0.4 is 10.2 Å². The molecule has 4 aromatic rings. The number of amides is 1. The van der Waals surface area contributed by atoms with Crippen molar-refractivity contribution in [1.82, 2.24) is 9.88 Å². The Morgan fingerprint density at radius 2 is 1.63 bits per heavy atom. The third kappa shape index (κ3) is 5.86. The Labute approximate surface area is 245 Å². The van der Waals surface area contributed by atoms with Crippen molar-refractivity contribution >= 4 is 45.8 Å². The van der Waals surface area contributed by atoms with Gasteiger partial charge in [-0.3, -0.25) is 9.78 Å². The Kier molecular flexibility index (Phi) is 8.05. The van der Waals surface area contributed by atoms with E-state index in [2.05, 4.69) is 10.2 Å². The van der Waals surface area contributed by atoms with Crippen LogP contribution in [0.1, 0.15) is 52.0 Å². The monoisotopic (exact) mass is 568 g/mol. The third-order valence-electron chi connectivity index (χ3n) is 8.04. The Balaban J connectivity index is 1.26. The van der Waals surface area contributed by atoms with E-state index in [1.807, 2.05) is 65.6 Å². The lowest BCUT2D eigenvalue weighted by atomic mass is 10.0. The quantitative estimate of drug-likeness (QED) is 0.254. The van der Waals surface area contributed by atoms with Gasteiger partial charge in [-0.15, -0.1) is 0 Å². The van der Waals surface area contributed by atoms with Crippen molar-refractivity contribution in [3.63, 3.8) is 0 Å². The Morgan fingerprint density at radius 3 is 2.39 bits per heavy atom. The molecule has 1 aromatic heterocycles. The first-order valence-corrected chi connectivity index (χ1v) is 14.6. The molecule has 3 aromatic carbocycles. The predicted molar refractivity (Wildman–Crippen MR) is 163 cm³/mol. The van der Waals surface area contributed by atoms with Crippen LogP contribution in [-0.4, -0.2) is 54.0 Å². The number of hydrogen-bond acceptors (Lipinski definition) is 6. The van der Waals surface area contributed by atoms with Crippen molar-refractivity contribution < 1.29 is 14.3 Å². The van der Waals surface area contributed by atoms with E-state index >= 15 is 0 Å². The van der Waals surface area contributed by atoms with E-state index in [9.17, 15) is 9.59 Å². The number of esters is 1. The fourth-order valence-electron chi connectivity index (χ4n) is 5.82. The first-order valence-electron chi connectivity index (χ1n) is 14.3. The SMILES string of the molecule is O=C(OCc1cccc2c(NC3CCCC3)c(C(=O)N3CCN(c4ccccc4Cl)CC3)cnc12)c1ccccc1. The van der Waals surface area contributed by atoms with E-state index in [1.54, 1.807) is 18.3 Å². The molecule has 1 aliphatic carbocycles. The highest BCUT2D eigenvalue weighted by Gasteiger charge is 2.28. The molecule has 7 nitrogen and oxygen atoms in total. The summed E-state index contributed by atoms with van der Waals surface area (Å²) in [6, 6.07) is 22.9. The first-order chi connectivity index (χ1) is 20.1. The van der Waals surface area contributed by atoms with Crippen molar-refractivity contribution in [3.8, 4) is 0 Å². The molecule has 1 amide bonds. The van der Waals surface area contributed by atoms with Crippen LogP contribution in [0.5, 0.6) is 0 Å². The van der Waals surface area contributed by atoms with Gasteiger partial charge < -0.3 is 19.9 Å². The van der Waals surface area contributed by atoms with Crippen LogP contribution in [0.15, 0.2) is 79.0 Å². The topological polar surface area (TPSA) is 74.8 Å². The molecular weight excluding hydrogens is 536 g/mol. The van der Waals surface area contributed by atoms with Crippen molar-refractivity contribution in [1.29, 1.82) is 0 Å². The van der Waals surface area contributed by atoms with Gasteiger partial charge in [-0.1, -0.05) is 73.0 Å². The van der Waals surface area contributed by atoms with Crippen LogP contribution in [0.25, 0.3) is 10.9 Å². The Hall–Kier alpha value is -4.10. The van der Waals surface area contributed by atoms with Crippen molar-refractivity contribution in [2.24, 2.45) is 0 Å². The third-order valence-corrected chi connectivity index (χ3v) is 8.36. The molecular formula is C33H33ClN4O3. The number of carbonyl (C=O) groups excluding carboxylic acids is 2. The average Bonchev–Trinajstić information content (AvgIpc) is 3.54. The van der Waals surface area contributed by atoms with Crippen molar-refractivity contribution in [2.75, 3.05) is 36.4 Å². The molecule has 1 saturated carbocycles. The number of fused-ring (bicyclic) bond motifs is 1. The number of pyridine rings is 1. The fourth-order valence-corrected chi connectivity index (χ4v) is 6.08. The highest BCUT2D eigenvalue weighted by molar-refractivity contribution is 6.33. The molecule has 210 valence electrons. The summed E-state index contributed by atoms with van der Waals surface area (Å²) in [6.07, 6.45) is 6.18. The van der Waals surface area contributed by atoms with Gasteiger partial charge in [0.15, 0.2) is 0 Å². The molecule has 1 N–H and O–H groups in total. The zero-order chi connectivity index (χ0) is 28.2. The van der Waals surface area contributed by atoms with Gasteiger partial charge in [-0.2, -0.15) is 0 Å². The van der Waals surface area contributed by atoms with Gasteiger partial charge in [-0.25, -0.2) is 4.79 Å². The molecule has 2 fully saturated rings. The average molecular weight is 569 g/mol. The van der Waals surface area contributed by atoms with Crippen LogP contribution in [0, 0.1) is 0 Å². The number of benzene rings is 3. The number of rotatable bonds is 7. The molecule has 1 aliphatic heterocycles. The molecule has 0 unspecified atom stereocenters. The van der Waals surface area contributed by atoms with Crippen LogP contribution in [-0.2, 0) is 11.3 Å². The summed E-state index contributed by atoms with van der Waals surface area (Å²) in [6.45, 7) is 2.71. The van der Waals surface area contributed by atoms with E-state index in [1.165, 1.54) is 12.8 Å². The van der Waals surface area contributed by atoms with Crippen molar-refractivity contribution in [3.05, 3.63) is 101 Å². The van der Waals surface area contributed by atoms with Gasteiger partial charge in [0, 0.05) is 49.4 Å². The zero-order valence-electron chi connectivity index (χ0n) is 22.9. The standard InChI is InChI=1S/C33H33ClN4O3/c34-28-15-6-7-16-29(28)37-17-19-38(20-18-37)32(39)27-21-35-30-24(22-41-33(40)23-9-2-1-3-10-23)11-8-14-26(30)31(27)36-25-12-4-5-13-25/h1-3,6-11,14-16,21,25H,4-5,12-13,17-20,22H2,(H,35,36). The van der Waals surface area contributed by atoms with E-state index in [0.29, 0.717) is 43.3 Å². The second-order valence-electron chi connectivity index (χ2n) is 10.7. The number of piperazine rings is 1. The Bertz CT molecular complexity index is 1550. The summed E-state index contributed by atoms with van der Waals surface area (Å²) in [5.74, 6) is -0.408. The number of halogens is 1. The predicted octanol–water partition coefficient (Wildman–Crippen LogP) is 6.56. The molecule has 41 heavy (non-hydrogen) atoms. The smallest absolute Gasteiger partial charge is 0.338 e. The van der Waals surface area contributed by atoms with Crippen molar-refractivity contribution in [2.45, 2.75) is 38.3 Å². The lowest BCUT2D eigenvalue weighted by Crippen LogP contribution is -2.49. The number of carbonyl (C=O) groups is 2. The largest absolute Gasteiger partial charge is 0.457 e. The molecule has 2 heterocycles. The lowest BCUT2D eigenvalue weighted by Gasteiger charge is -2.36. The number of anilines is 2. The highest BCUT2D eigenvalue weighted by Crippen LogP contribution is 2.33. The normalized spacial score (nSPS) is 15.7. The van der Waals surface area contributed by atoms with Gasteiger partial charge in [0.05, 0.1) is 33.0 Å². The summed E-state index contributed by atoms with van der Waals surface area (Å²) in [4.78, 5) is 35.4. The summed E-state index contributed by atoms with van der Waals surface area (Å²) in [5.41, 5.74) is 4.43. The number of aromatic nitrogens is 1. The zero-order valence-corrected chi connectivity index (χ0v) is 23.6. The van der Waals surface area contributed by atoms with Gasteiger partial charge in [0.2, 0.25) is 0 Å². The first kappa shape index (κ1) is 27.1. The summed E-state index contributed by atoms with van der Waals surface area (Å²) in [5, 5.41) is 5.30. The molecule has 0 spiro atoms. The van der Waals surface area contributed by atoms with Crippen LogP contribution in [0.4, 0.5) is 11.4 Å². The number of hydrogen-bond donors (Lipinski definition) is 1. The number of ether oxygens (including phenoxy) is 1. The fraction of sp³-hybridized carbons (Fsp3) is 0.303. The van der Waals surface area contributed by atoms with E-state index in [-0.39, 0.29) is 18.5 Å². The number of nitrogens with zero attached hydrogens (tertiary/aromatic N) is 3. The molecule has 6 rings (SSSR count). The Morgan fingerprint density at radius 1 is 0.902 bits per heavy atom. The molecule has 0 radical (unpaired) electrons. The summed E-state index contributed by atoms with van der Waals surface area (Å²) < 4.78 is 5.63. The van der Waals surface area contributed by atoms with Crippen LogP contribution >= 0.6 is 11.6 Å². The highest BCUT2D eigenvalue weighted by atomic mass is 35.5. The maximum atomic E-state index is 13.9. The number of nitrogens with one attached hydrogen (secondary N) is 1. The minimum absolute atomic E-state index is 0.0281. The van der Waals surface area contributed by atoms with E-state index in [4.69, 9.17) is 21.3 Å². The van der Waals surface area contributed by atoms with Gasteiger partial charge in [-0.05, 0) is 37.1 Å². The molecule has 0 atom stereocenters. The molecule has 1 saturated heterocycles. The second-order valence-corrected chi connectivity index (χ2v) is 11.1. The molecule has 8 heteroatoms. The minimum atomic E-state index is -0.380. The summed E-state index contributed by atoms with van der Waals surface area (Å²) >= 11 is 6.43. The van der Waals surface area contributed by atoms with Gasteiger partial charge >= 0.3 is 5.97 Å². The van der Waals surface area contributed by atoms with Crippen LogP contribution in [0.3, 0.4) is 0 Å². The maximum absolute atomic E-state index is 13.9. The second kappa shape index (κ2) is 12.2. The summed E-state index contributed by atoms with van der Waals surface area (Å²) in [7, 11) is 0. The van der Waals surface area contributed by atoms with E-state index in [0.717, 1.165) is 45.7 Å². The van der Waals surface area contributed by atoms with Gasteiger partial charge in [0.1, 0.15) is 6.61 Å². The minimum Gasteiger partial charge on any atom is -0.457 e. The maximum Gasteiger partial charge on any atom is 0.338 e. The lowest BCUT2D eigenvalue weighted by molar-refractivity contribution is 0.0474. The van der Waals surface area contributed by atoms with Gasteiger partial charge in [0.25, 0.3) is 5.91 Å². The van der Waals surface area contributed by atoms with E-state index < -0.39 is 0 Å². The molecule has 0 bridgehead atoms. The van der Waals surface area contributed by atoms with Crippen LogP contribution in [0.2, 0.25) is 5.02 Å². The molecule has 2 aliphatic rings. The number of para-hydroxylation sites is 2.